The number of carbonyl (C=O) groups excluding carboxylic acids is 1. The van der Waals surface area contributed by atoms with Gasteiger partial charge in [0.25, 0.3) is 0 Å². The Kier molecular flexibility index (Phi) is 3.91. The van der Waals surface area contributed by atoms with E-state index in [-0.39, 0.29) is 11.8 Å². The van der Waals surface area contributed by atoms with Crippen LogP contribution in [0.15, 0.2) is 30.3 Å². The van der Waals surface area contributed by atoms with Gasteiger partial charge in [-0.05, 0) is 43.6 Å². The van der Waals surface area contributed by atoms with Gasteiger partial charge >= 0.3 is 0 Å². The number of amides is 1. The van der Waals surface area contributed by atoms with E-state index in [1.807, 2.05) is 6.07 Å². The number of carbonyl (C=O) groups is 1. The zero-order valence-corrected chi connectivity index (χ0v) is 15.7. The van der Waals surface area contributed by atoms with Crippen molar-refractivity contribution in [3.63, 3.8) is 0 Å². The summed E-state index contributed by atoms with van der Waals surface area (Å²) >= 11 is 0. The monoisotopic (exact) mass is 355 g/mol. The standard InChI is InChI=1S/C22H29NO3/c1-16-19-10-13-23(18-8-5-9-18)20(24)21(19,17-6-3-2-4-7-17)11-12-22(16)25-14-15-26-22/h2-4,6-7,16,18-19H,5,8-15H2,1H3/t16-,19-,21?/m0/s1. The number of ether oxygens (including phenoxy) is 2. The minimum atomic E-state index is -0.470. The Bertz CT molecular complexity index is 680. The first kappa shape index (κ1) is 16.8. The number of benzene rings is 1. The van der Waals surface area contributed by atoms with E-state index >= 15 is 0 Å². The minimum absolute atomic E-state index is 0.228. The maximum absolute atomic E-state index is 13.9. The molecular weight excluding hydrogens is 326 g/mol. The van der Waals surface area contributed by atoms with Gasteiger partial charge in [-0.15, -0.1) is 0 Å². The Balaban J connectivity index is 1.57. The summed E-state index contributed by atoms with van der Waals surface area (Å²) in [4.78, 5) is 16.1. The van der Waals surface area contributed by atoms with Crippen LogP contribution in [-0.2, 0) is 19.7 Å². The molecule has 1 aromatic carbocycles. The number of hydrogen-bond donors (Lipinski definition) is 0. The molecule has 2 saturated carbocycles. The Labute approximate surface area is 155 Å². The van der Waals surface area contributed by atoms with Crippen molar-refractivity contribution < 1.29 is 14.3 Å². The predicted molar refractivity (Wildman–Crippen MR) is 98.6 cm³/mol. The smallest absolute Gasteiger partial charge is 0.233 e. The lowest BCUT2D eigenvalue weighted by Gasteiger charge is -2.58. The van der Waals surface area contributed by atoms with Crippen molar-refractivity contribution in [1.29, 1.82) is 0 Å². The summed E-state index contributed by atoms with van der Waals surface area (Å²) in [7, 11) is 0. The molecule has 0 N–H and O–H groups in total. The number of hydrogen-bond acceptors (Lipinski definition) is 3. The van der Waals surface area contributed by atoms with Crippen molar-refractivity contribution in [2.45, 2.75) is 62.7 Å². The van der Waals surface area contributed by atoms with Crippen LogP contribution in [0.25, 0.3) is 0 Å². The summed E-state index contributed by atoms with van der Waals surface area (Å²) in [5.41, 5.74) is 0.786. The highest BCUT2D eigenvalue weighted by Gasteiger charge is 2.63. The molecule has 140 valence electrons. The fraction of sp³-hybridized carbons (Fsp3) is 0.682. The first-order valence-corrected chi connectivity index (χ1v) is 10.3. The highest BCUT2D eigenvalue weighted by atomic mass is 16.7. The molecule has 5 rings (SSSR count). The third-order valence-corrected chi connectivity index (χ3v) is 7.70. The van der Waals surface area contributed by atoms with Crippen LogP contribution in [0.2, 0.25) is 0 Å². The molecule has 4 fully saturated rings. The second-order valence-corrected chi connectivity index (χ2v) is 8.61. The number of piperidine rings is 1. The molecule has 0 aromatic heterocycles. The van der Waals surface area contributed by atoms with Gasteiger partial charge in [-0.25, -0.2) is 0 Å². The molecule has 0 radical (unpaired) electrons. The van der Waals surface area contributed by atoms with Crippen molar-refractivity contribution >= 4 is 5.91 Å². The molecule has 3 atom stereocenters. The quantitative estimate of drug-likeness (QED) is 0.815. The summed E-state index contributed by atoms with van der Waals surface area (Å²) in [6, 6.07) is 11.0. The van der Waals surface area contributed by atoms with Gasteiger partial charge in [0.05, 0.1) is 18.6 Å². The van der Waals surface area contributed by atoms with E-state index in [4.69, 9.17) is 9.47 Å². The Hall–Kier alpha value is -1.39. The third-order valence-electron chi connectivity index (χ3n) is 7.70. The molecule has 2 heterocycles. The molecule has 1 aromatic rings. The van der Waals surface area contributed by atoms with Gasteiger partial charge in [0, 0.05) is 24.9 Å². The fourth-order valence-corrected chi connectivity index (χ4v) is 6.06. The highest BCUT2D eigenvalue weighted by molar-refractivity contribution is 5.90. The van der Waals surface area contributed by atoms with Crippen LogP contribution in [0.1, 0.15) is 51.0 Å². The van der Waals surface area contributed by atoms with Crippen LogP contribution in [0.5, 0.6) is 0 Å². The Morgan fingerprint density at radius 3 is 2.42 bits per heavy atom. The summed E-state index contributed by atoms with van der Waals surface area (Å²) in [6.45, 7) is 4.50. The van der Waals surface area contributed by atoms with Crippen LogP contribution >= 0.6 is 0 Å². The largest absolute Gasteiger partial charge is 0.347 e. The maximum Gasteiger partial charge on any atom is 0.233 e. The zero-order chi connectivity index (χ0) is 17.8. The van der Waals surface area contributed by atoms with Crippen molar-refractivity contribution in [1.82, 2.24) is 4.90 Å². The van der Waals surface area contributed by atoms with Crippen LogP contribution in [0, 0.1) is 11.8 Å². The van der Waals surface area contributed by atoms with Crippen LogP contribution in [0.4, 0.5) is 0 Å². The highest BCUT2D eigenvalue weighted by Crippen LogP contribution is 2.57. The van der Waals surface area contributed by atoms with Gasteiger partial charge in [0.2, 0.25) is 5.91 Å². The van der Waals surface area contributed by atoms with Crippen molar-refractivity contribution in [3.8, 4) is 0 Å². The fourth-order valence-electron chi connectivity index (χ4n) is 6.06. The molecule has 4 aliphatic rings. The van der Waals surface area contributed by atoms with Gasteiger partial charge in [-0.3, -0.25) is 4.79 Å². The molecule has 4 heteroatoms. The normalized spacial score (nSPS) is 36.8. The van der Waals surface area contributed by atoms with Crippen LogP contribution in [-0.4, -0.2) is 42.4 Å². The summed E-state index contributed by atoms with van der Waals surface area (Å²) in [5.74, 6) is 0.401. The topological polar surface area (TPSA) is 38.8 Å². The third kappa shape index (κ3) is 2.18. The second kappa shape index (κ2) is 6.07. The molecule has 1 unspecified atom stereocenters. The van der Waals surface area contributed by atoms with Crippen LogP contribution in [0.3, 0.4) is 0 Å². The van der Waals surface area contributed by atoms with E-state index in [2.05, 4.69) is 36.1 Å². The number of likely N-dealkylation sites (tertiary alicyclic amines) is 1. The molecule has 0 bridgehead atoms. The number of nitrogens with zero attached hydrogens (tertiary/aromatic N) is 1. The van der Waals surface area contributed by atoms with Crippen molar-refractivity contribution in [2.75, 3.05) is 19.8 Å². The molecule has 1 spiro atoms. The lowest BCUT2D eigenvalue weighted by atomic mass is 9.54. The molecule has 4 nitrogen and oxygen atoms in total. The summed E-state index contributed by atoms with van der Waals surface area (Å²) < 4.78 is 12.2. The maximum atomic E-state index is 13.9. The molecule has 2 aliphatic carbocycles. The first-order chi connectivity index (χ1) is 12.7. The number of rotatable bonds is 2. The Morgan fingerprint density at radius 2 is 1.77 bits per heavy atom. The average Bonchev–Trinajstić information content (AvgIpc) is 3.10. The first-order valence-electron chi connectivity index (χ1n) is 10.3. The molecule has 1 amide bonds. The molecule has 26 heavy (non-hydrogen) atoms. The number of fused-ring (bicyclic) bond motifs is 1. The van der Waals surface area contributed by atoms with Crippen molar-refractivity contribution in [3.05, 3.63) is 35.9 Å². The van der Waals surface area contributed by atoms with E-state index in [0.717, 1.165) is 25.8 Å². The van der Waals surface area contributed by atoms with Crippen LogP contribution < -0.4 is 0 Å². The zero-order valence-electron chi connectivity index (χ0n) is 15.7. The molecule has 2 aliphatic heterocycles. The predicted octanol–water partition coefficient (Wildman–Crippen LogP) is 3.50. The van der Waals surface area contributed by atoms with Gasteiger partial charge in [0.15, 0.2) is 5.79 Å². The van der Waals surface area contributed by atoms with Gasteiger partial charge < -0.3 is 14.4 Å². The van der Waals surface area contributed by atoms with Gasteiger partial charge in [0.1, 0.15) is 0 Å². The van der Waals surface area contributed by atoms with E-state index in [0.29, 0.717) is 25.2 Å². The minimum Gasteiger partial charge on any atom is -0.347 e. The molecule has 2 saturated heterocycles. The van der Waals surface area contributed by atoms with Gasteiger partial charge in [-0.1, -0.05) is 37.3 Å². The SMILES string of the molecule is C[C@H]1[C@@H]2CCN(C3CCC3)C(=O)C2(c2ccccc2)CCC12OCCO2. The summed E-state index contributed by atoms with van der Waals surface area (Å²) in [6.07, 6.45) is 6.29. The Morgan fingerprint density at radius 1 is 1.04 bits per heavy atom. The van der Waals surface area contributed by atoms with Gasteiger partial charge in [-0.2, -0.15) is 0 Å². The molecular formula is C22H29NO3. The van der Waals surface area contributed by atoms with E-state index in [1.54, 1.807) is 0 Å². The summed E-state index contributed by atoms with van der Waals surface area (Å²) in [5, 5.41) is 0. The van der Waals surface area contributed by atoms with Crippen molar-refractivity contribution in [2.24, 2.45) is 11.8 Å². The van der Waals surface area contributed by atoms with E-state index in [1.165, 1.54) is 24.8 Å². The lowest BCUT2D eigenvalue weighted by molar-refractivity contribution is -0.239. The van der Waals surface area contributed by atoms with E-state index in [9.17, 15) is 4.79 Å². The second-order valence-electron chi connectivity index (χ2n) is 8.61. The van der Waals surface area contributed by atoms with E-state index < -0.39 is 11.2 Å². The lowest BCUT2D eigenvalue weighted by Crippen LogP contribution is -2.66. The average molecular weight is 355 g/mol.